The first-order valence-corrected chi connectivity index (χ1v) is 10.6. The van der Waals surface area contributed by atoms with Crippen LogP contribution in [0.5, 0.6) is 0 Å². The number of benzene rings is 1. The Labute approximate surface area is 182 Å². The Balaban J connectivity index is 1.64. The number of aryl methyl sites for hydroxylation is 2. The summed E-state index contributed by atoms with van der Waals surface area (Å²) >= 11 is 1.24. The molecule has 0 saturated carbocycles. The van der Waals surface area contributed by atoms with Crippen LogP contribution in [0, 0.1) is 13.8 Å². The van der Waals surface area contributed by atoms with Crippen LogP contribution in [0.2, 0.25) is 0 Å². The van der Waals surface area contributed by atoms with E-state index in [1.807, 2.05) is 31.2 Å². The van der Waals surface area contributed by atoms with Crippen LogP contribution in [0.1, 0.15) is 34.2 Å². The van der Waals surface area contributed by atoms with Gasteiger partial charge in [-0.25, -0.2) is 9.97 Å². The second kappa shape index (κ2) is 8.65. The van der Waals surface area contributed by atoms with E-state index in [9.17, 15) is 9.59 Å². The molecule has 3 aromatic heterocycles. The highest BCUT2D eigenvalue weighted by atomic mass is 32.1. The van der Waals surface area contributed by atoms with E-state index in [4.69, 9.17) is 9.26 Å². The molecular weight excluding hydrogens is 416 g/mol. The number of carbonyl (C=O) groups excluding carboxylic acids is 2. The number of ether oxygens (including phenoxy) is 1. The van der Waals surface area contributed by atoms with Crippen molar-refractivity contribution in [2.75, 3.05) is 11.9 Å². The number of pyridine rings is 1. The minimum absolute atomic E-state index is 0.0576. The van der Waals surface area contributed by atoms with Crippen molar-refractivity contribution in [3.05, 3.63) is 58.2 Å². The zero-order chi connectivity index (χ0) is 22.0. The summed E-state index contributed by atoms with van der Waals surface area (Å²) in [5.41, 5.74) is 4.40. The standard InChI is InChI=1S/C22H20N4O4S/c1-4-29-18(27)9-15-11-31-22(23-15)25-20(28)16-10-17(14-7-5-12(2)6-8-14)24-21-19(16)13(3)26-30-21/h5-8,10-11H,4,9H2,1-3H3,(H,23,25,28). The molecule has 4 aromatic rings. The van der Waals surface area contributed by atoms with Crippen molar-refractivity contribution in [2.45, 2.75) is 27.2 Å². The Hall–Kier alpha value is -3.59. The van der Waals surface area contributed by atoms with Gasteiger partial charge in [-0.2, -0.15) is 0 Å². The first-order chi connectivity index (χ1) is 14.9. The summed E-state index contributed by atoms with van der Waals surface area (Å²) in [6.45, 7) is 5.82. The minimum atomic E-state index is -0.357. The molecule has 0 fully saturated rings. The van der Waals surface area contributed by atoms with Crippen LogP contribution >= 0.6 is 11.3 Å². The van der Waals surface area contributed by atoms with E-state index in [1.165, 1.54) is 11.3 Å². The molecule has 4 rings (SSSR count). The van der Waals surface area contributed by atoms with Gasteiger partial charge in [0.05, 0.1) is 41.1 Å². The number of hydrogen-bond acceptors (Lipinski definition) is 8. The highest BCUT2D eigenvalue weighted by molar-refractivity contribution is 7.14. The smallest absolute Gasteiger partial charge is 0.311 e. The number of nitrogens with zero attached hydrogens (tertiary/aromatic N) is 3. The van der Waals surface area contributed by atoms with Gasteiger partial charge in [0.1, 0.15) is 0 Å². The van der Waals surface area contributed by atoms with Crippen LogP contribution in [0.25, 0.3) is 22.4 Å². The summed E-state index contributed by atoms with van der Waals surface area (Å²) in [6.07, 6.45) is 0.0576. The number of thiazole rings is 1. The van der Waals surface area contributed by atoms with Gasteiger partial charge in [0.25, 0.3) is 11.6 Å². The fraction of sp³-hybridized carbons (Fsp3) is 0.227. The molecule has 0 spiro atoms. The predicted octanol–water partition coefficient (Wildman–Crippen LogP) is 4.32. The average molecular weight is 436 g/mol. The summed E-state index contributed by atoms with van der Waals surface area (Å²) in [5, 5.41) is 9.43. The van der Waals surface area contributed by atoms with Gasteiger partial charge in [-0.05, 0) is 26.8 Å². The molecule has 9 heteroatoms. The molecule has 8 nitrogen and oxygen atoms in total. The van der Waals surface area contributed by atoms with Gasteiger partial charge in [0.2, 0.25) is 0 Å². The molecule has 0 unspecified atom stereocenters. The van der Waals surface area contributed by atoms with Gasteiger partial charge in [-0.15, -0.1) is 11.3 Å². The topological polar surface area (TPSA) is 107 Å². The van der Waals surface area contributed by atoms with Crippen molar-refractivity contribution in [3.8, 4) is 11.3 Å². The van der Waals surface area contributed by atoms with E-state index >= 15 is 0 Å². The van der Waals surface area contributed by atoms with E-state index in [-0.39, 0.29) is 18.3 Å². The zero-order valence-corrected chi connectivity index (χ0v) is 18.1. The van der Waals surface area contributed by atoms with Gasteiger partial charge in [-0.3, -0.25) is 14.9 Å². The maximum absolute atomic E-state index is 13.1. The zero-order valence-electron chi connectivity index (χ0n) is 17.3. The van der Waals surface area contributed by atoms with Gasteiger partial charge < -0.3 is 9.26 Å². The number of hydrogen-bond donors (Lipinski definition) is 1. The lowest BCUT2D eigenvalue weighted by Gasteiger charge is -2.07. The van der Waals surface area contributed by atoms with Crippen LogP contribution < -0.4 is 5.32 Å². The number of rotatable bonds is 6. The molecule has 31 heavy (non-hydrogen) atoms. The van der Waals surface area contributed by atoms with Gasteiger partial charge >= 0.3 is 5.97 Å². The summed E-state index contributed by atoms with van der Waals surface area (Å²) in [6, 6.07) is 9.56. The van der Waals surface area contributed by atoms with Crippen molar-refractivity contribution < 1.29 is 18.8 Å². The molecule has 0 saturated heterocycles. The third-order valence-electron chi connectivity index (χ3n) is 4.61. The van der Waals surface area contributed by atoms with Crippen molar-refractivity contribution in [1.29, 1.82) is 0 Å². The lowest BCUT2D eigenvalue weighted by atomic mass is 10.0. The number of nitrogens with one attached hydrogen (secondary N) is 1. The number of aromatic nitrogens is 3. The van der Waals surface area contributed by atoms with Crippen LogP contribution in [0.3, 0.4) is 0 Å². The van der Waals surface area contributed by atoms with Crippen molar-refractivity contribution >= 4 is 39.4 Å². The lowest BCUT2D eigenvalue weighted by molar-refractivity contribution is -0.142. The molecule has 158 valence electrons. The third kappa shape index (κ3) is 4.46. The van der Waals surface area contributed by atoms with E-state index in [1.54, 1.807) is 25.3 Å². The number of carbonyl (C=O) groups is 2. The van der Waals surface area contributed by atoms with Gasteiger partial charge in [-0.1, -0.05) is 35.0 Å². The largest absolute Gasteiger partial charge is 0.466 e. The first-order valence-electron chi connectivity index (χ1n) is 9.70. The molecule has 3 heterocycles. The van der Waals surface area contributed by atoms with Crippen LogP contribution in [0.4, 0.5) is 5.13 Å². The second-order valence-corrected chi connectivity index (χ2v) is 7.81. The minimum Gasteiger partial charge on any atom is -0.466 e. The van der Waals surface area contributed by atoms with Gasteiger partial charge in [0.15, 0.2) is 5.13 Å². The normalized spacial score (nSPS) is 10.9. The van der Waals surface area contributed by atoms with Crippen molar-refractivity contribution in [3.63, 3.8) is 0 Å². The highest BCUT2D eigenvalue weighted by Crippen LogP contribution is 2.28. The molecule has 0 aliphatic rings. The summed E-state index contributed by atoms with van der Waals surface area (Å²) in [4.78, 5) is 33.6. The fourth-order valence-corrected chi connectivity index (χ4v) is 3.82. The number of amides is 1. The first kappa shape index (κ1) is 20.7. The molecule has 0 radical (unpaired) electrons. The van der Waals surface area contributed by atoms with Crippen LogP contribution in [-0.2, 0) is 16.0 Å². The molecule has 1 amide bonds. The third-order valence-corrected chi connectivity index (χ3v) is 5.42. The van der Waals surface area contributed by atoms with Gasteiger partial charge in [0, 0.05) is 10.9 Å². The number of anilines is 1. The molecule has 1 N–H and O–H groups in total. The van der Waals surface area contributed by atoms with Crippen molar-refractivity contribution in [2.24, 2.45) is 0 Å². The monoisotopic (exact) mass is 436 g/mol. The number of esters is 1. The average Bonchev–Trinajstić information content (AvgIpc) is 3.34. The maximum atomic E-state index is 13.1. The second-order valence-electron chi connectivity index (χ2n) is 6.95. The molecular formula is C22H20N4O4S. The maximum Gasteiger partial charge on any atom is 0.311 e. The SMILES string of the molecule is CCOC(=O)Cc1csc(NC(=O)c2cc(-c3ccc(C)cc3)nc3onc(C)c23)n1. The Morgan fingerprint density at radius 1 is 1.16 bits per heavy atom. The highest BCUT2D eigenvalue weighted by Gasteiger charge is 2.20. The van der Waals surface area contributed by atoms with E-state index in [2.05, 4.69) is 20.4 Å². The molecule has 0 aliphatic heterocycles. The molecule has 0 bridgehead atoms. The Morgan fingerprint density at radius 2 is 1.94 bits per heavy atom. The van der Waals surface area contributed by atoms with Crippen molar-refractivity contribution in [1.82, 2.24) is 15.1 Å². The summed E-state index contributed by atoms with van der Waals surface area (Å²) in [5.74, 6) is -0.714. The Morgan fingerprint density at radius 3 is 2.68 bits per heavy atom. The Bertz CT molecular complexity index is 1260. The lowest BCUT2D eigenvalue weighted by Crippen LogP contribution is -2.13. The van der Waals surface area contributed by atoms with Crippen LogP contribution in [-0.4, -0.2) is 33.6 Å². The predicted molar refractivity (Wildman–Crippen MR) is 117 cm³/mol. The summed E-state index contributed by atoms with van der Waals surface area (Å²) < 4.78 is 10.3. The van der Waals surface area contributed by atoms with E-state index in [0.717, 1.165) is 11.1 Å². The fourth-order valence-electron chi connectivity index (χ4n) is 3.12. The summed E-state index contributed by atoms with van der Waals surface area (Å²) in [7, 11) is 0. The van der Waals surface area contributed by atoms with E-state index < -0.39 is 0 Å². The quantitative estimate of drug-likeness (QED) is 0.449. The molecule has 1 aromatic carbocycles. The number of fused-ring (bicyclic) bond motifs is 1. The van der Waals surface area contributed by atoms with Crippen LogP contribution in [0.15, 0.2) is 40.2 Å². The molecule has 0 aliphatic carbocycles. The Kier molecular flexibility index (Phi) is 5.77. The molecule has 0 atom stereocenters. The van der Waals surface area contributed by atoms with E-state index in [0.29, 0.717) is 45.5 Å².